The van der Waals surface area contributed by atoms with Crippen LogP contribution in [0.5, 0.6) is 5.19 Å². The first-order valence-electron chi connectivity index (χ1n) is 3.23. The summed E-state index contributed by atoms with van der Waals surface area (Å²) < 4.78 is 4.95. The fraction of sp³-hybridized carbons (Fsp3) is 0.571. The largest absolute Gasteiger partial charge is 0.473 e. The van der Waals surface area contributed by atoms with Gasteiger partial charge in [0.15, 0.2) is 0 Å². The molecule has 0 bridgehead atoms. The van der Waals surface area contributed by atoms with Gasteiger partial charge in [0.1, 0.15) is 0 Å². The van der Waals surface area contributed by atoms with Crippen LogP contribution < -0.4 is 4.74 Å². The minimum absolute atomic E-state index is 0.500. The number of ether oxygens (including phenoxy) is 1. The molecule has 0 amide bonds. The lowest BCUT2D eigenvalue weighted by Gasteiger charge is -1.95. The van der Waals surface area contributed by atoms with E-state index in [9.17, 15) is 0 Å². The summed E-state index contributed by atoms with van der Waals surface area (Å²) in [5, 5.41) is 2.78. The molecule has 1 rings (SSSR count). The molecule has 0 unspecified atom stereocenters. The first-order valence-corrected chi connectivity index (χ1v) is 4.11. The molecule has 0 N–H and O–H groups in total. The number of rotatable bonds is 2. The first-order chi connectivity index (χ1) is 4.74. The molecule has 0 fully saturated rings. The maximum atomic E-state index is 4.95. The van der Waals surface area contributed by atoms with Crippen molar-refractivity contribution < 1.29 is 4.74 Å². The Bertz CT molecular complexity index is 207. The highest BCUT2D eigenvalue weighted by molar-refractivity contribution is 7.11. The fourth-order valence-electron chi connectivity index (χ4n) is 0.628. The molecule has 0 spiro atoms. The van der Waals surface area contributed by atoms with Crippen LogP contribution in [0, 0.1) is 0 Å². The van der Waals surface area contributed by atoms with Gasteiger partial charge in [-0.3, -0.25) is 0 Å². The number of hydrogen-bond donors (Lipinski definition) is 0. The van der Waals surface area contributed by atoms with Crippen LogP contribution in [-0.2, 0) is 0 Å². The van der Waals surface area contributed by atoms with Gasteiger partial charge in [-0.2, -0.15) is 0 Å². The Morgan fingerprint density at radius 3 is 2.60 bits per heavy atom. The molecule has 0 aliphatic carbocycles. The highest BCUT2D eigenvalue weighted by Gasteiger charge is 2.03. The van der Waals surface area contributed by atoms with Crippen LogP contribution in [0.2, 0.25) is 0 Å². The zero-order valence-corrected chi connectivity index (χ0v) is 7.23. The van der Waals surface area contributed by atoms with Crippen LogP contribution in [-0.4, -0.2) is 12.1 Å². The lowest BCUT2D eigenvalue weighted by molar-refractivity contribution is 0.410. The predicted molar refractivity (Wildman–Crippen MR) is 42.8 cm³/mol. The second-order valence-corrected chi connectivity index (χ2v) is 3.22. The maximum absolute atomic E-state index is 4.95. The Morgan fingerprint density at radius 2 is 2.30 bits per heavy atom. The smallest absolute Gasteiger partial charge is 0.273 e. The molecule has 1 heterocycles. The zero-order chi connectivity index (χ0) is 7.56. The standard InChI is InChI=1S/C7H11NOS/c1-5(2)6-4-10-7(8-6)9-3/h4-5H,1-3H3. The molecule has 0 aromatic carbocycles. The van der Waals surface area contributed by atoms with E-state index in [-0.39, 0.29) is 0 Å². The molecule has 0 saturated carbocycles. The summed E-state index contributed by atoms with van der Waals surface area (Å²) in [5.41, 5.74) is 1.11. The van der Waals surface area contributed by atoms with E-state index in [1.165, 1.54) is 0 Å². The van der Waals surface area contributed by atoms with Crippen molar-refractivity contribution in [1.82, 2.24) is 4.98 Å². The van der Waals surface area contributed by atoms with E-state index >= 15 is 0 Å². The summed E-state index contributed by atoms with van der Waals surface area (Å²) in [5.74, 6) is 0.500. The maximum Gasteiger partial charge on any atom is 0.273 e. The van der Waals surface area contributed by atoms with Gasteiger partial charge in [-0.25, -0.2) is 4.98 Å². The molecule has 1 aromatic heterocycles. The molecule has 0 aliphatic heterocycles. The average molecular weight is 157 g/mol. The monoisotopic (exact) mass is 157 g/mol. The molecule has 0 atom stereocenters. The second kappa shape index (κ2) is 3.01. The molecule has 3 heteroatoms. The fourth-order valence-corrected chi connectivity index (χ4v) is 1.43. The Hall–Kier alpha value is -0.570. The summed E-state index contributed by atoms with van der Waals surface area (Å²) >= 11 is 1.54. The van der Waals surface area contributed by atoms with Crippen LogP contribution in [0.25, 0.3) is 0 Å². The van der Waals surface area contributed by atoms with Crippen molar-refractivity contribution in [3.63, 3.8) is 0 Å². The van der Waals surface area contributed by atoms with Gasteiger partial charge >= 0.3 is 0 Å². The van der Waals surface area contributed by atoms with Gasteiger partial charge in [0.25, 0.3) is 5.19 Å². The number of hydrogen-bond acceptors (Lipinski definition) is 3. The van der Waals surface area contributed by atoms with E-state index in [0.29, 0.717) is 5.92 Å². The van der Waals surface area contributed by atoms with Crippen LogP contribution in [0.1, 0.15) is 25.5 Å². The number of methoxy groups -OCH3 is 1. The van der Waals surface area contributed by atoms with E-state index in [0.717, 1.165) is 10.9 Å². The quantitative estimate of drug-likeness (QED) is 0.657. The minimum atomic E-state index is 0.500. The molecule has 56 valence electrons. The van der Waals surface area contributed by atoms with Crippen molar-refractivity contribution in [3.8, 4) is 5.19 Å². The summed E-state index contributed by atoms with van der Waals surface area (Å²) in [4.78, 5) is 4.22. The molecular formula is C7H11NOS. The third-order valence-corrected chi connectivity index (χ3v) is 2.09. The van der Waals surface area contributed by atoms with Crippen LogP contribution >= 0.6 is 11.3 Å². The topological polar surface area (TPSA) is 22.1 Å². The molecule has 10 heavy (non-hydrogen) atoms. The third-order valence-electron chi connectivity index (χ3n) is 1.27. The summed E-state index contributed by atoms with van der Waals surface area (Å²) in [6, 6.07) is 0. The van der Waals surface area contributed by atoms with Crippen molar-refractivity contribution in [2.45, 2.75) is 19.8 Å². The summed E-state index contributed by atoms with van der Waals surface area (Å²) in [7, 11) is 1.64. The molecule has 2 nitrogen and oxygen atoms in total. The Labute approximate surface area is 64.9 Å². The van der Waals surface area contributed by atoms with E-state index in [1.807, 2.05) is 5.38 Å². The lowest BCUT2D eigenvalue weighted by Crippen LogP contribution is -1.87. The average Bonchev–Trinajstić information content (AvgIpc) is 2.34. The van der Waals surface area contributed by atoms with Crippen molar-refractivity contribution in [3.05, 3.63) is 11.1 Å². The highest BCUT2D eigenvalue weighted by Crippen LogP contribution is 2.22. The van der Waals surface area contributed by atoms with E-state index in [2.05, 4.69) is 18.8 Å². The normalized spacial score (nSPS) is 10.4. The second-order valence-electron chi connectivity index (χ2n) is 2.40. The summed E-state index contributed by atoms with van der Waals surface area (Å²) in [6.07, 6.45) is 0. The zero-order valence-electron chi connectivity index (χ0n) is 6.42. The molecule has 0 saturated heterocycles. The molecule has 0 aliphatic rings. The summed E-state index contributed by atoms with van der Waals surface area (Å²) in [6.45, 7) is 4.24. The van der Waals surface area contributed by atoms with Gasteiger partial charge in [0, 0.05) is 5.38 Å². The van der Waals surface area contributed by atoms with Crippen LogP contribution in [0.4, 0.5) is 0 Å². The number of aromatic nitrogens is 1. The Kier molecular flexibility index (Phi) is 2.27. The Balaban J connectivity index is 2.78. The van der Waals surface area contributed by atoms with Gasteiger partial charge in [-0.15, -0.1) is 0 Å². The van der Waals surface area contributed by atoms with Crippen molar-refractivity contribution in [2.75, 3.05) is 7.11 Å². The molecule has 1 aromatic rings. The van der Waals surface area contributed by atoms with Gasteiger partial charge in [0.05, 0.1) is 12.8 Å². The number of thiazole rings is 1. The Morgan fingerprint density at radius 1 is 1.60 bits per heavy atom. The minimum Gasteiger partial charge on any atom is -0.473 e. The molecular weight excluding hydrogens is 146 g/mol. The van der Waals surface area contributed by atoms with Gasteiger partial charge in [0.2, 0.25) is 0 Å². The highest BCUT2D eigenvalue weighted by atomic mass is 32.1. The van der Waals surface area contributed by atoms with Crippen molar-refractivity contribution in [1.29, 1.82) is 0 Å². The predicted octanol–water partition coefficient (Wildman–Crippen LogP) is 2.28. The van der Waals surface area contributed by atoms with E-state index in [4.69, 9.17) is 4.74 Å². The van der Waals surface area contributed by atoms with Crippen LogP contribution in [0.15, 0.2) is 5.38 Å². The van der Waals surface area contributed by atoms with Gasteiger partial charge in [-0.05, 0) is 5.92 Å². The van der Waals surface area contributed by atoms with Gasteiger partial charge < -0.3 is 4.74 Å². The van der Waals surface area contributed by atoms with Gasteiger partial charge in [-0.1, -0.05) is 25.2 Å². The lowest BCUT2D eigenvalue weighted by atomic mass is 10.2. The molecule has 0 radical (unpaired) electrons. The van der Waals surface area contributed by atoms with Crippen molar-refractivity contribution in [2.24, 2.45) is 0 Å². The first kappa shape index (κ1) is 7.54. The van der Waals surface area contributed by atoms with Crippen molar-refractivity contribution >= 4 is 11.3 Å². The SMILES string of the molecule is COc1nc(C(C)C)cs1. The number of nitrogens with zero attached hydrogens (tertiary/aromatic N) is 1. The van der Waals surface area contributed by atoms with E-state index < -0.39 is 0 Å². The van der Waals surface area contributed by atoms with Crippen LogP contribution in [0.3, 0.4) is 0 Å². The van der Waals surface area contributed by atoms with E-state index in [1.54, 1.807) is 18.4 Å². The third kappa shape index (κ3) is 1.48.